The fourth-order valence-corrected chi connectivity index (χ4v) is 2.35. The van der Waals surface area contributed by atoms with Crippen LogP contribution in [0, 0.1) is 6.92 Å². The molecule has 0 radical (unpaired) electrons. The second-order valence-corrected chi connectivity index (χ2v) is 5.02. The number of aryl methyl sites for hydroxylation is 1. The Bertz CT molecular complexity index is 378. The Morgan fingerprint density at radius 3 is 2.82 bits per heavy atom. The molecule has 1 fully saturated rings. The largest absolute Gasteiger partial charge is 0.507 e. The van der Waals surface area contributed by atoms with Gasteiger partial charge >= 0.3 is 0 Å². The Morgan fingerprint density at radius 2 is 2.00 bits per heavy atom. The lowest BCUT2D eigenvalue weighted by Gasteiger charge is -2.21. The van der Waals surface area contributed by atoms with Crippen LogP contribution in [0.1, 0.15) is 17.5 Å². The van der Waals surface area contributed by atoms with Gasteiger partial charge in [0.25, 0.3) is 0 Å². The zero-order valence-corrected chi connectivity index (χ0v) is 10.8. The van der Waals surface area contributed by atoms with Gasteiger partial charge in [-0.25, -0.2) is 0 Å². The smallest absolute Gasteiger partial charge is 0.122 e. The Balaban J connectivity index is 2.02. The molecule has 0 aromatic heterocycles. The molecule has 17 heavy (non-hydrogen) atoms. The summed E-state index contributed by atoms with van der Waals surface area (Å²) in [5, 5.41) is 10.0. The van der Waals surface area contributed by atoms with Crippen LogP contribution in [0.5, 0.6) is 5.75 Å². The lowest BCUT2D eigenvalue weighted by Crippen LogP contribution is -2.28. The van der Waals surface area contributed by atoms with Gasteiger partial charge in [-0.15, -0.1) is 0 Å². The van der Waals surface area contributed by atoms with Crippen LogP contribution in [0.25, 0.3) is 0 Å². The van der Waals surface area contributed by atoms with Gasteiger partial charge in [-0.3, -0.25) is 4.90 Å². The molecule has 1 N–H and O–H groups in total. The van der Waals surface area contributed by atoms with Crippen molar-refractivity contribution in [3.63, 3.8) is 0 Å². The van der Waals surface area contributed by atoms with E-state index in [1.807, 2.05) is 25.1 Å². The van der Waals surface area contributed by atoms with Crippen LogP contribution in [0.4, 0.5) is 0 Å². The van der Waals surface area contributed by atoms with Gasteiger partial charge < -0.3 is 10.0 Å². The highest BCUT2D eigenvalue weighted by atomic mass is 16.3. The highest BCUT2D eigenvalue weighted by Crippen LogP contribution is 2.23. The Hall–Kier alpha value is -1.06. The molecule has 3 heteroatoms. The number of para-hydroxylation sites is 1. The van der Waals surface area contributed by atoms with E-state index < -0.39 is 0 Å². The fourth-order valence-electron chi connectivity index (χ4n) is 2.35. The highest BCUT2D eigenvalue weighted by molar-refractivity contribution is 5.39. The van der Waals surface area contributed by atoms with Crippen molar-refractivity contribution in [3.05, 3.63) is 29.3 Å². The van der Waals surface area contributed by atoms with Crippen LogP contribution in [0.2, 0.25) is 0 Å². The molecule has 1 aliphatic rings. The van der Waals surface area contributed by atoms with Gasteiger partial charge in [-0.05, 0) is 39.0 Å². The summed E-state index contributed by atoms with van der Waals surface area (Å²) in [5.74, 6) is 0.463. The van der Waals surface area contributed by atoms with Gasteiger partial charge in [0.05, 0.1) is 0 Å². The molecule has 1 saturated heterocycles. The maximum Gasteiger partial charge on any atom is 0.122 e. The molecule has 0 amide bonds. The van der Waals surface area contributed by atoms with E-state index in [0.717, 1.165) is 37.3 Å². The second kappa shape index (κ2) is 5.52. The first-order valence-electron chi connectivity index (χ1n) is 6.35. The van der Waals surface area contributed by atoms with Gasteiger partial charge in [0.2, 0.25) is 0 Å². The van der Waals surface area contributed by atoms with Gasteiger partial charge in [-0.2, -0.15) is 0 Å². The summed E-state index contributed by atoms with van der Waals surface area (Å²) in [6, 6.07) is 6.00. The zero-order valence-electron chi connectivity index (χ0n) is 10.8. The van der Waals surface area contributed by atoms with Crippen molar-refractivity contribution in [1.82, 2.24) is 9.80 Å². The van der Waals surface area contributed by atoms with Crippen LogP contribution in [0.15, 0.2) is 18.2 Å². The number of rotatable bonds is 2. The SMILES string of the molecule is Cc1cccc(CN2CCCN(C)CC2)c1O. The number of hydrogen-bond donors (Lipinski definition) is 1. The quantitative estimate of drug-likeness (QED) is 0.846. The molecule has 0 saturated carbocycles. The molecule has 0 spiro atoms. The Morgan fingerprint density at radius 1 is 1.18 bits per heavy atom. The molecule has 1 aliphatic heterocycles. The topological polar surface area (TPSA) is 26.7 Å². The van der Waals surface area contributed by atoms with Crippen molar-refractivity contribution in [2.24, 2.45) is 0 Å². The van der Waals surface area contributed by atoms with Crippen LogP contribution in [0.3, 0.4) is 0 Å². The van der Waals surface area contributed by atoms with Crippen molar-refractivity contribution >= 4 is 0 Å². The number of likely N-dealkylation sites (N-methyl/N-ethyl adjacent to an activating group) is 1. The molecule has 0 atom stereocenters. The summed E-state index contributed by atoms with van der Waals surface area (Å²) in [7, 11) is 2.17. The van der Waals surface area contributed by atoms with Crippen LogP contribution in [-0.2, 0) is 6.54 Å². The zero-order chi connectivity index (χ0) is 12.3. The third-order valence-electron chi connectivity index (χ3n) is 3.53. The molecule has 1 heterocycles. The number of aromatic hydroxyl groups is 1. The Labute approximate surface area is 104 Å². The van der Waals surface area contributed by atoms with E-state index in [4.69, 9.17) is 0 Å². The Kier molecular flexibility index (Phi) is 4.02. The van der Waals surface area contributed by atoms with Gasteiger partial charge in [0, 0.05) is 25.2 Å². The van der Waals surface area contributed by atoms with E-state index >= 15 is 0 Å². The van der Waals surface area contributed by atoms with Crippen molar-refractivity contribution in [2.45, 2.75) is 19.9 Å². The van der Waals surface area contributed by atoms with E-state index in [0.29, 0.717) is 5.75 Å². The number of phenols is 1. The molecular weight excluding hydrogens is 212 g/mol. The maximum atomic E-state index is 10.0. The molecule has 0 aliphatic carbocycles. The summed E-state index contributed by atoms with van der Waals surface area (Å²) in [5.41, 5.74) is 2.02. The van der Waals surface area contributed by atoms with E-state index in [1.165, 1.54) is 13.0 Å². The molecule has 2 rings (SSSR count). The van der Waals surface area contributed by atoms with Crippen molar-refractivity contribution in [3.8, 4) is 5.75 Å². The van der Waals surface area contributed by atoms with Gasteiger partial charge in [0.15, 0.2) is 0 Å². The molecule has 3 nitrogen and oxygen atoms in total. The summed E-state index contributed by atoms with van der Waals surface area (Å²) in [6.07, 6.45) is 1.21. The first kappa shape index (κ1) is 12.4. The molecule has 0 bridgehead atoms. The highest BCUT2D eigenvalue weighted by Gasteiger charge is 2.14. The summed E-state index contributed by atoms with van der Waals surface area (Å²) in [6.45, 7) is 7.32. The summed E-state index contributed by atoms with van der Waals surface area (Å²) >= 11 is 0. The fraction of sp³-hybridized carbons (Fsp3) is 0.571. The van der Waals surface area contributed by atoms with Crippen molar-refractivity contribution < 1.29 is 5.11 Å². The lowest BCUT2D eigenvalue weighted by atomic mass is 10.1. The van der Waals surface area contributed by atoms with E-state index in [2.05, 4.69) is 16.8 Å². The minimum Gasteiger partial charge on any atom is -0.507 e. The predicted octanol–water partition coefficient (Wildman–Crippen LogP) is 1.84. The molecule has 94 valence electrons. The minimum absolute atomic E-state index is 0.463. The van der Waals surface area contributed by atoms with Crippen LogP contribution >= 0.6 is 0 Å². The number of benzene rings is 1. The first-order valence-corrected chi connectivity index (χ1v) is 6.35. The van der Waals surface area contributed by atoms with Gasteiger partial charge in [-0.1, -0.05) is 18.2 Å². The molecular formula is C14H22N2O. The third-order valence-corrected chi connectivity index (χ3v) is 3.53. The molecule has 0 unspecified atom stereocenters. The van der Waals surface area contributed by atoms with Gasteiger partial charge in [0.1, 0.15) is 5.75 Å². The molecule has 1 aromatic carbocycles. The first-order chi connectivity index (χ1) is 8.16. The maximum absolute atomic E-state index is 10.0. The normalized spacial score (nSPS) is 19.2. The lowest BCUT2D eigenvalue weighted by molar-refractivity contribution is 0.266. The third kappa shape index (κ3) is 3.20. The van der Waals surface area contributed by atoms with Crippen LogP contribution < -0.4 is 0 Å². The standard InChI is InChI=1S/C14H22N2O/c1-12-5-3-6-13(14(12)17)11-16-8-4-7-15(2)9-10-16/h3,5-6,17H,4,7-11H2,1-2H3. The second-order valence-electron chi connectivity index (χ2n) is 5.02. The summed E-state index contributed by atoms with van der Waals surface area (Å²) < 4.78 is 0. The van der Waals surface area contributed by atoms with E-state index in [9.17, 15) is 5.11 Å². The van der Waals surface area contributed by atoms with E-state index in [1.54, 1.807) is 0 Å². The average Bonchev–Trinajstić information content (AvgIpc) is 2.50. The number of nitrogens with zero attached hydrogens (tertiary/aromatic N) is 2. The minimum atomic E-state index is 0.463. The number of phenolic OH excluding ortho intramolecular Hbond substituents is 1. The van der Waals surface area contributed by atoms with Crippen molar-refractivity contribution in [1.29, 1.82) is 0 Å². The van der Waals surface area contributed by atoms with Crippen LogP contribution in [-0.4, -0.2) is 48.1 Å². The number of hydrogen-bond acceptors (Lipinski definition) is 3. The van der Waals surface area contributed by atoms with Crippen molar-refractivity contribution in [2.75, 3.05) is 33.2 Å². The summed E-state index contributed by atoms with van der Waals surface area (Å²) in [4.78, 5) is 4.80. The van der Waals surface area contributed by atoms with E-state index in [-0.39, 0.29) is 0 Å². The monoisotopic (exact) mass is 234 g/mol. The molecule has 1 aromatic rings. The average molecular weight is 234 g/mol. The predicted molar refractivity (Wildman–Crippen MR) is 70.2 cm³/mol.